The standard InChI is InChI=1S/C12H15NO6S/c1-17-5-9-3-2-8(4-11(9)20(13,15)16)12(14)19-10-6-18-7-10/h2-4,10H,5-7H2,1H3,(H2,13,15,16). The van der Waals surface area contributed by atoms with E-state index >= 15 is 0 Å². The summed E-state index contributed by atoms with van der Waals surface area (Å²) < 4.78 is 38.0. The van der Waals surface area contributed by atoms with E-state index in [4.69, 9.17) is 19.3 Å². The number of hydrogen-bond acceptors (Lipinski definition) is 6. The molecule has 110 valence electrons. The van der Waals surface area contributed by atoms with E-state index in [9.17, 15) is 13.2 Å². The predicted molar refractivity (Wildman–Crippen MR) is 68.6 cm³/mol. The summed E-state index contributed by atoms with van der Waals surface area (Å²) in [4.78, 5) is 11.7. The van der Waals surface area contributed by atoms with E-state index < -0.39 is 16.0 Å². The van der Waals surface area contributed by atoms with Gasteiger partial charge in [-0.2, -0.15) is 0 Å². The molecule has 2 N–H and O–H groups in total. The Labute approximate surface area is 116 Å². The molecule has 1 aliphatic rings. The van der Waals surface area contributed by atoms with Gasteiger partial charge in [0.25, 0.3) is 0 Å². The van der Waals surface area contributed by atoms with Crippen molar-refractivity contribution < 1.29 is 27.4 Å². The van der Waals surface area contributed by atoms with Crippen LogP contribution < -0.4 is 5.14 Å². The summed E-state index contributed by atoms with van der Waals surface area (Å²) in [6.07, 6.45) is -0.279. The topological polar surface area (TPSA) is 105 Å². The average molecular weight is 301 g/mol. The Bertz CT molecular complexity index is 608. The van der Waals surface area contributed by atoms with Crippen LogP contribution in [0.4, 0.5) is 0 Å². The highest BCUT2D eigenvalue weighted by Crippen LogP contribution is 2.19. The van der Waals surface area contributed by atoms with Crippen LogP contribution in [0, 0.1) is 0 Å². The lowest BCUT2D eigenvalue weighted by molar-refractivity contribution is -0.103. The Morgan fingerprint density at radius 2 is 2.15 bits per heavy atom. The summed E-state index contributed by atoms with van der Waals surface area (Å²) in [5.41, 5.74) is 0.513. The van der Waals surface area contributed by atoms with Crippen molar-refractivity contribution >= 4 is 16.0 Å². The normalized spacial score (nSPS) is 15.7. The molecule has 0 amide bonds. The number of sulfonamides is 1. The van der Waals surface area contributed by atoms with Gasteiger partial charge < -0.3 is 14.2 Å². The fraction of sp³-hybridized carbons (Fsp3) is 0.417. The molecule has 1 aromatic rings. The molecular formula is C12H15NO6S. The summed E-state index contributed by atoms with van der Waals surface area (Å²) in [6, 6.07) is 4.16. The van der Waals surface area contributed by atoms with Crippen molar-refractivity contribution in [2.75, 3.05) is 20.3 Å². The molecule has 1 aliphatic heterocycles. The van der Waals surface area contributed by atoms with Gasteiger partial charge in [0.05, 0.1) is 30.3 Å². The fourth-order valence-corrected chi connectivity index (χ4v) is 2.51. The maximum atomic E-state index is 11.9. The van der Waals surface area contributed by atoms with Crippen LogP contribution in [0.3, 0.4) is 0 Å². The molecule has 1 fully saturated rings. The Balaban J connectivity index is 2.28. The highest BCUT2D eigenvalue weighted by Gasteiger charge is 2.24. The van der Waals surface area contributed by atoms with Crippen LogP contribution in [0.2, 0.25) is 0 Å². The lowest BCUT2D eigenvalue weighted by Gasteiger charge is -2.25. The van der Waals surface area contributed by atoms with Crippen LogP contribution in [0.5, 0.6) is 0 Å². The van der Waals surface area contributed by atoms with E-state index in [-0.39, 0.29) is 23.2 Å². The van der Waals surface area contributed by atoms with Crippen molar-refractivity contribution in [3.8, 4) is 0 Å². The zero-order valence-corrected chi connectivity index (χ0v) is 11.7. The van der Waals surface area contributed by atoms with Gasteiger partial charge in [-0.15, -0.1) is 0 Å². The highest BCUT2D eigenvalue weighted by atomic mass is 32.2. The monoisotopic (exact) mass is 301 g/mol. The predicted octanol–water partition coefficient (Wildman–Crippen LogP) is 0.0360. The lowest BCUT2D eigenvalue weighted by atomic mass is 10.1. The van der Waals surface area contributed by atoms with E-state index in [0.29, 0.717) is 18.8 Å². The summed E-state index contributed by atoms with van der Waals surface area (Å²) in [7, 11) is -2.51. The minimum atomic E-state index is -3.94. The molecule has 1 heterocycles. The first-order valence-electron chi connectivity index (χ1n) is 5.85. The Kier molecular flexibility index (Phi) is 4.39. The molecule has 0 saturated carbocycles. The summed E-state index contributed by atoms with van der Waals surface area (Å²) in [5.74, 6) is -0.604. The second kappa shape index (κ2) is 5.88. The van der Waals surface area contributed by atoms with E-state index in [1.807, 2.05) is 0 Å². The number of carbonyl (C=O) groups is 1. The van der Waals surface area contributed by atoms with Crippen LogP contribution in [-0.2, 0) is 30.8 Å². The van der Waals surface area contributed by atoms with Crippen LogP contribution in [0.25, 0.3) is 0 Å². The highest BCUT2D eigenvalue weighted by molar-refractivity contribution is 7.89. The number of hydrogen-bond donors (Lipinski definition) is 1. The second-order valence-electron chi connectivity index (χ2n) is 4.37. The number of esters is 1. The third-order valence-corrected chi connectivity index (χ3v) is 3.78. The summed E-state index contributed by atoms with van der Waals surface area (Å²) >= 11 is 0. The smallest absolute Gasteiger partial charge is 0.338 e. The second-order valence-corrected chi connectivity index (χ2v) is 5.90. The molecule has 0 radical (unpaired) electrons. The largest absolute Gasteiger partial charge is 0.454 e. The minimum Gasteiger partial charge on any atom is -0.454 e. The van der Waals surface area contributed by atoms with Gasteiger partial charge in [0, 0.05) is 7.11 Å². The first-order valence-corrected chi connectivity index (χ1v) is 7.40. The van der Waals surface area contributed by atoms with Crippen LogP contribution in [-0.4, -0.2) is 40.8 Å². The van der Waals surface area contributed by atoms with Gasteiger partial charge in [-0.25, -0.2) is 18.4 Å². The maximum Gasteiger partial charge on any atom is 0.338 e. The van der Waals surface area contributed by atoms with Gasteiger partial charge >= 0.3 is 5.97 Å². The number of primary sulfonamides is 1. The molecule has 20 heavy (non-hydrogen) atoms. The minimum absolute atomic E-state index is 0.0809. The Morgan fingerprint density at radius 3 is 2.65 bits per heavy atom. The van der Waals surface area contributed by atoms with E-state index in [1.54, 1.807) is 0 Å². The van der Waals surface area contributed by atoms with Crippen LogP contribution in [0.1, 0.15) is 15.9 Å². The van der Waals surface area contributed by atoms with E-state index in [1.165, 1.54) is 25.3 Å². The number of rotatable bonds is 5. The van der Waals surface area contributed by atoms with Gasteiger partial charge in [0.15, 0.2) is 0 Å². The van der Waals surface area contributed by atoms with Gasteiger partial charge in [-0.05, 0) is 17.7 Å². The van der Waals surface area contributed by atoms with Gasteiger partial charge in [0.1, 0.15) is 6.10 Å². The molecule has 0 spiro atoms. The average Bonchev–Trinajstić information content (AvgIpc) is 2.33. The van der Waals surface area contributed by atoms with Crippen LogP contribution in [0.15, 0.2) is 23.1 Å². The molecule has 0 unspecified atom stereocenters. The molecule has 1 saturated heterocycles. The summed E-state index contributed by atoms with van der Waals surface area (Å²) in [5, 5.41) is 5.14. The van der Waals surface area contributed by atoms with Crippen molar-refractivity contribution in [3.05, 3.63) is 29.3 Å². The first-order chi connectivity index (χ1) is 9.41. The van der Waals surface area contributed by atoms with Crippen LogP contribution >= 0.6 is 0 Å². The number of carbonyl (C=O) groups excluding carboxylic acids is 1. The zero-order valence-electron chi connectivity index (χ0n) is 10.9. The fourth-order valence-electron chi connectivity index (χ4n) is 1.72. The van der Waals surface area contributed by atoms with Gasteiger partial charge in [-0.1, -0.05) is 6.07 Å². The molecular weight excluding hydrogens is 286 g/mol. The van der Waals surface area contributed by atoms with Crippen molar-refractivity contribution in [1.29, 1.82) is 0 Å². The third kappa shape index (κ3) is 3.34. The van der Waals surface area contributed by atoms with Crippen molar-refractivity contribution in [1.82, 2.24) is 0 Å². The molecule has 0 aromatic heterocycles. The third-order valence-electron chi connectivity index (χ3n) is 2.79. The van der Waals surface area contributed by atoms with Gasteiger partial charge in [-0.3, -0.25) is 0 Å². The summed E-state index contributed by atoms with van der Waals surface area (Å²) in [6.45, 7) is 0.794. The quantitative estimate of drug-likeness (QED) is 0.770. The molecule has 7 nitrogen and oxygen atoms in total. The van der Waals surface area contributed by atoms with Crippen molar-refractivity contribution in [2.24, 2.45) is 5.14 Å². The molecule has 0 atom stereocenters. The number of ether oxygens (including phenoxy) is 3. The number of nitrogens with two attached hydrogens (primary N) is 1. The molecule has 8 heteroatoms. The number of benzene rings is 1. The molecule has 0 aliphatic carbocycles. The zero-order chi connectivity index (χ0) is 14.8. The maximum absolute atomic E-state index is 11.9. The lowest BCUT2D eigenvalue weighted by Crippen LogP contribution is -2.37. The Hall–Kier alpha value is -1.48. The molecule has 2 rings (SSSR count). The SMILES string of the molecule is COCc1ccc(C(=O)OC2COC2)cc1S(N)(=O)=O. The van der Waals surface area contributed by atoms with Crippen molar-refractivity contribution in [2.45, 2.75) is 17.6 Å². The molecule has 0 bridgehead atoms. The Morgan fingerprint density at radius 1 is 1.45 bits per heavy atom. The van der Waals surface area contributed by atoms with Crippen molar-refractivity contribution in [3.63, 3.8) is 0 Å². The molecule has 1 aromatic carbocycles. The first kappa shape index (κ1) is 14.9. The number of methoxy groups -OCH3 is 1. The van der Waals surface area contributed by atoms with E-state index in [2.05, 4.69) is 0 Å². The van der Waals surface area contributed by atoms with Gasteiger partial charge in [0.2, 0.25) is 10.0 Å². The van der Waals surface area contributed by atoms with E-state index in [0.717, 1.165) is 0 Å².